The molecule has 2 nitrogen and oxygen atoms in total. The fourth-order valence-corrected chi connectivity index (χ4v) is 2.92. The van der Waals surface area contributed by atoms with Crippen LogP contribution in [0.1, 0.15) is 59.3 Å². The summed E-state index contributed by atoms with van der Waals surface area (Å²) in [5.41, 5.74) is 0.0645. The summed E-state index contributed by atoms with van der Waals surface area (Å²) >= 11 is 0. The van der Waals surface area contributed by atoms with E-state index >= 15 is 0 Å². The van der Waals surface area contributed by atoms with Crippen LogP contribution in [0.4, 0.5) is 0 Å². The molecule has 1 rings (SSSR count). The van der Waals surface area contributed by atoms with Gasteiger partial charge in [-0.3, -0.25) is 0 Å². The van der Waals surface area contributed by atoms with Crippen LogP contribution >= 0.6 is 0 Å². The maximum absolute atomic E-state index is 6.03. The highest BCUT2D eigenvalue weighted by molar-refractivity contribution is 4.91. The summed E-state index contributed by atoms with van der Waals surface area (Å²) in [6.45, 7) is 7.85. The zero-order valence-corrected chi connectivity index (χ0v) is 11.5. The minimum atomic E-state index is 0.0645. The summed E-state index contributed by atoms with van der Waals surface area (Å²) in [4.78, 5) is 0. The van der Waals surface area contributed by atoms with E-state index in [1.54, 1.807) is 0 Å². The standard InChI is InChI=1S/C14H29NO/c1-5-8-12(2)11-13(15-4)14(3)9-6-7-10-16-14/h12-13,15H,5-11H2,1-4H3. The Morgan fingerprint density at radius 1 is 1.38 bits per heavy atom. The van der Waals surface area contributed by atoms with Crippen LogP contribution in [0.2, 0.25) is 0 Å². The van der Waals surface area contributed by atoms with Gasteiger partial charge < -0.3 is 10.1 Å². The Bertz CT molecular complexity index is 187. The second kappa shape index (κ2) is 6.61. The molecule has 1 N–H and O–H groups in total. The number of nitrogens with one attached hydrogen (secondary N) is 1. The van der Waals surface area contributed by atoms with E-state index in [9.17, 15) is 0 Å². The summed E-state index contributed by atoms with van der Waals surface area (Å²) in [6, 6.07) is 0.509. The Balaban J connectivity index is 2.51. The highest BCUT2D eigenvalue weighted by Gasteiger charge is 2.36. The minimum Gasteiger partial charge on any atom is -0.374 e. The van der Waals surface area contributed by atoms with Gasteiger partial charge in [-0.2, -0.15) is 0 Å². The molecule has 0 aromatic carbocycles. The van der Waals surface area contributed by atoms with Crippen molar-refractivity contribution in [1.82, 2.24) is 5.32 Å². The van der Waals surface area contributed by atoms with E-state index in [1.807, 2.05) is 0 Å². The fourth-order valence-electron chi connectivity index (χ4n) is 2.92. The van der Waals surface area contributed by atoms with Crippen LogP contribution < -0.4 is 5.32 Å². The summed E-state index contributed by atoms with van der Waals surface area (Å²) in [5.74, 6) is 0.796. The minimum absolute atomic E-state index is 0.0645. The molecular formula is C14H29NO. The molecule has 0 spiro atoms. The quantitative estimate of drug-likeness (QED) is 0.751. The van der Waals surface area contributed by atoms with Crippen LogP contribution in [0.25, 0.3) is 0 Å². The van der Waals surface area contributed by atoms with Gasteiger partial charge in [0.15, 0.2) is 0 Å². The topological polar surface area (TPSA) is 21.3 Å². The largest absolute Gasteiger partial charge is 0.374 e. The van der Waals surface area contributed by atoms with Gasteiger partial charge >= 0.3 is 0 Å². The smallest absolute Gasteiger partial charge is 0.0806 e. The Kier molecular flexibility index (Phi) is 5.77. The van der Waals surface area contributed by atoms with E-state index in [-0.39, 0.29) is 5.60 Å². The van der Waals surface area contributed by atoms with Crippen molar-refractivity contribution in [2.75, 3.05) is 13.7 Å². The lowest BCUT2D eigenvalue weighted by atomic mass is 9.82. The SMILES string of the molecule is CCCC(C)CC(NC)C1(C)CCCCO1. The Morgan fingerprint density at radius 3 is 2.62 bits per heavy atom. The van der Waals surface area contributed by atoms with Gasteiger partial charge in [0.2, 0.25) is 0 Å². The third-order valence-corrected chi connectivity index (χ3v) is 4.00. The Labute approximate surface area is 101 Å². The lowest BCUT2D eigenvalue weighted by Crippen LogP contribution is -2.51. The van der Waals surface area contributed by atoms with Gasteiger partial charge in [-0.05, 0) is 45.6 Å². The van der Waals surface area contributed by atoms with Crippen molar-refractivity contribution in [3.05, 3.63) is 0 Å². The molecular weight excluding hydrogens is 198 g/mol. The zero-order chi connectivity index (χ0) is 12.0. The summed E-state index contributed by atoms with van der Waals surface area (Å²) in [7, 11) is 2.08. The number of hydrogen-bond donors (Lipinski definition) is 1. The fraction of sp³-hybridized carbons (Fsp3) is 1.00. The van der Waals surface area contributed by atoms with Gasteiger partial charge in [0.1, 0.15) is 0 Å². The van der Waals surface area contributed by atoms with Crippen LogP contribution in [0.3, 0.4) is 0 Å². The van der Waals surface area contributed by atoms with E-state index in [0.717, 1.165) is 12.5 Å². The first-order valence-electron chi connectivity index (χ1n) is 6.93. The zero-order valence-electron chi connectivity index (χ0n) is 11.5. The number of likely N-dealkylation sites (N-methyl/N-ethyl adjacent to an activating group) is 1. The molecule has 0 radical (unpaired) electrons. The van der Waals surface area contributed by atoms with Crippen molar-refractivity contribution >= 4 is 0 Å². The maximum atomic E-state index is 6.03. The summed E-state index contributed by atoms with van der Waals surface area (Å²) < 4.78 is 6.03. The predicted molar refractivity (Wildman–Crippen MR) is 69.7 cm³/mol. The number of hydrogen-bond acceptors (Lipinski definition) is 2. The molecule has 1 heterocycles. The molecule has 0 saturated carbocycles. The van der Waals surface area contributed by atoms with Gasteiger partial charge in [0.05, 0.1) is 5.60 Å². The number of ether oxygens (including phenoxy) is 1. The maximum Gasteiger partial charge on any atom is 0.0806 e. The van der Waals surface area contributed by atoms with E-state index in [0.29, 0.717) is 6.04 Å². The number of rotatable bonds is 6. The van der Waals surface area contributed by atoms with Gasteiger partial charge in [-0.15, -0.1) is 0 Å². The Hall–Kier alpha value is -0.0800. The first kappa shape index (κ1) is 14.0. The molecule has 3 unspecified atom stereocenters. The highest BCUT2D eigenvalue weighted by atomic mass is 16.5. The van der Waals surface area contributed by atoms with E-state index in [2.05, 4.69) is 33.1 Å². The van der Waals surface area contributed by atoms with Crippen molar-refractivity contribution in [1.29, 1.82) is 0 Å². The predicted octanol–water partition coefficient (Wildman–Crippen LogP) is 3.36. The highest BCUT2D eigenvalue weighted by Crippen LogP contribution is 2.31. The third kappa shape index (κ3) is 3.74. The average Bonchev–Trinajstić information content (AvgIpc) is 2.27. The van der Waals surface area contributed by atoms with Crippen LogP contribution in [0.15, 0.2) is 0 Å². The van der Waals surface area contributed by atoms with Crippen molar-refractivity contribution < 1.29 is 4.74 Å². The first-order chi connectivity index (χ1) is 7.62. The van der Waals surface area contributed by atoms with Gasteiger partial charge in [0, 0.05) is 12.6 Å². The molecule has 16 heavy (non-hydrogen) atoms. The monoisotopic (exact) mass is 227 g/mol. The lowest BCUT2D eigenvalue weighted by molar-refractivity contribution is -0.0911. The van der Waals surface area contributed by atoms with Gasteiger partial charge in [-0.25, -0.2) is 0 Å². The van der Waals surface area contributed by atoms with Crippen LogP contribution in [-0.4, -0.2) is 25.3 Å². The molecule has 0 amide bonds. The van der Waals surface area contributed by atoms with E-state index < -0.39 is 0 Å². The van der Waals surface area contributed by atoms with Gasteiger partial charge in [-0.1, -0.05) is 26.7 Å². The molecule has 0 aliphatic carbocycles. The summed E-state index contributed by atoms with van der Waals surface area (Å²) in [5, 5.41) is 3.48. The molecule has 1 fully saturated rings. The van der Waals surface area contributed by atoms with Crippen molar-refractivity contribution in [2.24, 2.45) is 5.92 Å². The van der Waals surface area contributed by atoms with Gasteiger partial charge in [0.25, 0.3) is 0 Å². The first-order valence-corrected chi connectivity index (χ1v) is 6.93. The van der Waals surface area contributed by atoms with Crippen molar-refractivity contribution in [3.8, 4) is 0 Å². The van der Waals surface area contributed by atoms with Crippen LogP contribution in [-0.2, 0) is 4.74 Å². The molecule has 0 aromatic heterocycles. The molecule has 1 aliphatic heterocycles. The molecule has 2 heteroatoms. The molecule has 1 aliphatic rings. The third-order valence-electron chi connectivity index (χ3n) is 4.00. The van der Waals surface area contributed by atoms with Crippen LogP contribution in [0.5, 0.6) is 0 Å². The van der Waals surface area contributed by atoms with E-state index in [4.69, 9.17) is 4.74 Å². The second-order valence-electron chi connectivity index (χ2n) is 5.59. The lowest BCUT2D eigenvalue weighted by Gasteiger charge is -2.41. The van der Waals surface area contributed by atoms with Crippen LogP contribution in [0, 0.1) is 5.92 Å². The normalized spacial score (nSPS) is 30.0. The molecule has 3 atom stereocenters. The second-order valence-corrected chi connectivity index (χ2v) is 5.59. The molecule has 0 aromatic rings. The Morgan fingerprint density at radius 2 is 2.12 bits per heavy atom. The average molecular weight is 227 g/mol. The summed E-state index contributed by atoms with van der Waals surface area (Å²) in [6.07, 6.45) is 7.61. The van der Waals surface area contributed by atoms with Crippen molar-refractivity contribution in [2.45, 2.75) is 70.9 Å². The molecule has 1 saturated heterocycles. The van der Waals surface area contributed by atoms with E-state index in [1.165, 1.54) is 38.5 Å². The molecule has 0 bridgehead atoms. The molecule has 96 valence electrons. The van der Waals surface area contributed by atoms with Crippen molar-refractivity contribution in [3.63, 3.8) is 0 Å².